The molecule has 1 aromatic carbocycles. The lowest BCUT2D eigenvalue weighted by Crippen LogP contribution is -2.75. The average Bonchev–Trinajstić information content (AvgIpc) is 2.69. The van der Waals surface area contributed by atoms with E-state index < -0.39 is 54.4 Å². The Kier molecular flexibility index (Phi) is 7.90. The predicted octanol–water partition coefficient (Wildman–Crippen LogP) is 7.68. The van der Waals surface area contributed by atoms with Gasteiger partial charge in [0.1, 0.15) is 0 Å². The molecule has 0 aliphatic heterocycles. The highest BCUT2D eigenvalue weighted by Gasteiger charge is 2.95. The molecule has 202 valence electrons. The number of halogens is 17. The summed E-state index contributed by atoms with van der Waals surface area (Å²) in [6.07, 6.45) is -14.3. The van der Waals surface area contributed by atoms with Crippen LogP contribution >= 0.6 is 0 Å². The van der Waals surface area contributed by atoms with E-state index in [0.717, 1.165) is 0 Å². The third-order valence-corrected chi connectivity index (χ3v) is 4.19. The van der Waals surface area contributed by atoms with E-state index in [1.165, 1.54) is 30.3 Å². The first-order chi connectivity index (χ1) is 15.3. The Balaban J connectivity index is 3.52. The van der Waals surface area contributed by atoms with E-state index in [1.54, 1.807) is 0 Å². The summed E-state index contributed by atoms with van der Waals surface area (Å²) in [7, 11) is 0. The summed E-state index contributed by atoms with van der Waals surface area (Å²) in [6, 6.07) is 6.43. The van der Waals surface area contributed by atoms with Crippen LogP contribution in [0.5, 0.6) is 0 Å². The van der Waals surface area contributed by atoms with Gasteiger partial charge in [-0.15, -0.1) is 0 Å². The number of hydrogen-bond acceptors (Lipinski definition) is 1. The first kappa shape index (κ1) is 30.8. The Bertz CT molecular complexity index is 884. The molecule has 1 nitrogen and oxygen atoms in total. The lowest BCUT2D eigenvalue weighted by atomic mass is 9.90. The van der Waals surface area contributed by atoms with Crippen molar-refractivity contribution in [1.82, 2.24) is 0 Å². The van der Waals surface area contributed by atoms with Gasteiger partial charge in [-0.3, -0.25) is 0 Å². The van der Waals surface area contributed by atoms with Crippen molar-refractivity contribution < 1.29 is 79.4 Å². The van der Waals surface area contributed by atoms with Crippen LogP contribution in [-0.2, 0) is 4.74 Å². The van der Waals surface area contributed by atoms with E-state index in [1.807, 2.05) is 0 Å². The highest BCUT2D eigenvalue weighted by molar-refractivity contribution is 5.48. The number of hydrogen-bond donors (Lipinski definition) is 0. The maximum Gasteiger partial charge on any atom is 0.460 e. The van der Waals surface area contributed by atoms with Gasteiger partial charge in [0.05, 0.1) is 6.61 Å². The summed E-state index contributed by atoms with van der Waals surface area (Å²) in [5.41, 5.74) is 0.0604. The molecule has 0 fully saturated rings. The van der Waals surface area contributed by atoms with Gasteiger partial charge in [0.25, 0.3) is 0 Å². The van der Waals surface area contributed by atoms with Gasteiger partial charge in [0.2, 0.25) is 0 Å². The second-order valence-electron chi connectivity index (χ2n) is 6.59. The molecule has 18 heteroatoms. The molecular formula is C17H9F17O. The molecule has 0 amide bonds. The zero-order valence-corrected chi connectivity index (χ0v) is 16.1. The Morgan fingerprint density at radius 1 is 0.514 bits per heavy atom. The minimum absolute atomic E-state index is 0.0604. The zero-order valence-electron chi connectivity index (χ0n) is 16.1. The minimum Gasteiger partial charge on any atom is -0.330 e. The SMILES string of the molecule is FC(F)(F)C(F)(F)C(F)(F)C(F)(F)C(F)(F)C(F)(F)C(F)(OCC=Cc1ccccc1)C(F)(F)F. The first-order valence-corrected chi connectivity index (χ1v) is 8.40. The van der Waals surface area contributed by atoms with Crippen molar-refractivity contribution in [1.29, 1.82) is 0 Å². The molecule has 0 aliphatic rings. The smallest absolute Gasteiger partial charge is 0.330 e. The summed E-state index contributed by atoms with van der Waals surface area (Å²) in [5.74, 6) is -49.3. The van der Waals surface area contributed by atoms with E-state index in [-0.39, 0.29) is 11.6 Å². The van der Waals surface area contributed by atoms with Crippen LogP contribution < -0.4 is 0 Å². The molecule has 0 aliphatic carbocycles. The molecule has 1 unspecified atom stereocenters. The van der Waals surface area contributed by atoms with Crippen LogP contribution in [0.3, 0.4) is 0 Å². The van der Waals surface area contributed by atoms with Crippen LogP contribution in [0, 0.1) is 0 Å². The number of alkyl halides is 17. The van der Waals surface area contributed by atoms with Gasteiger partial charge in [-0.05, 0) is 5.56 Å². The fourth-order valence-corrected chi connectivity index (χ4v) is 2.23. The lowest BCUT2D eigenvalue weighted by Gasteiger charge is -2.43. The van der Waals surface area contributed by atoms with Crippen LogP contribution in [0.25, 0.3) is 6.08 Å². The molecule has 35 heavy (non-hydrogen) atoms. The third-order valence-electron chi connectivity index (χ3n) is 4.19. The maximum absolute atomic E-state index is 14.1. The Hall–Kier alpha value is -2.27. The van der Waals surface area contributed by atoms with Crippen molar-refractivity contribution in [2.75, 3.05) is 6.61 Å². The minimum atomic E-state index is -8.62. The molecule has 0 radical (unpaired) electrons. The fourth-order valence-electron chi connectivity index (χ4n) is 2.23. The Morgan fingerprint density at radius 3 is 1.31 bits per heavy atom. The average molecular weight is 552 g/mol. The molecule has 0 heterocycles. The van der Waals surface area contributed by atoms with Crippen LogP contribution in [0.15, 0.2) is 36.4 Å². The standard InChI is InChI=1S/C17H9F17O/c18-10(19,12(22,23)14(26,27)16(29,30)31)11(20,21)13(24,25)15(28,17(32,33)34)35-8-4-7-9-5-2-1-3-6-9/h1-7H,8H2. The first-order valence-electron chi connectivity index (χ1n) is 8.40. The van der Waals surface area contributed by atoms with E-state index in [4.69, 9.17) is 0 Å². The van der Waals surface area contributed by atoms with Crippen LogP contribution in [0.1, 0.15) is 5.56 Å². The largest absolute Gasteiger partial charge is 0.460 e. The molecule has 0 spiro atoms. The monoisotopic (exact) mass is 552 g/mol. The van der Waals surface area contributed by atoms with Gasteiger partial charge in [-0.2, -0.15) is 74.6 Å². The van der Waals surface area contributed by atoms with Crippen LogP contribution in [-0.4, -0.2) is 54.4 Å². The maximum atomic E-state index is 14.1. The zero-order chi connectivity index (χ0) is 27.9. The van der Waals surface area contributed by atoms with Gasteiger partial charge < -0.3 is 4.74 Å². The number of benzene rings is 1. The lowest BCUT2D eigenvalue weighted by molar-refractivity contribution is -0.482. The van der Waals surface area contributed by atoms with Crippen molar-refractivity contribution in [3.63, 3.8) is 0 Å². The number of rotatable bonds is 9. The van der Waals surface area contributed by atoms with Gasteiger partial charge in [-0.1, -0.05) is 42.5 Å². The van der Waals surface area contributed by atoms with Crippen LogP contribution in [0.4, 0.5) is 74.6 Å². The normalized spacial score (nSPS) is 17.1. The fraction of sp³-hybridized carbons (Fsp3) is 0.529. The van der Waals surface area contributed by atoms with Crippen molar-refractivity contribution in [3.05, 3.63) is 42.0 Å². The Labute approximate surface area is 183 Å². The summed E-state index contributed by atoms with van der Waals surface area (Å²) >= 11 is 0. The Morgan fingerprint density at radius 2 is 0.914 bits per heavy atom. The molecule has 0 saturated heterocycles. The highest BCUT2D eigenvalue weighted by atomic mass is 19.4. The second-order valence-corrected chi connectivity index (χ2v) is 6.59. The van der Waals surface area contributed by atoms with Gasteiger partial charge in [0.15, 0.2) is 0 Å². The molecule has 0 saturated carbocycles. The summed E-state index contributed by atoms with van der Waals surface area (Å²) in [5, 5.41) is 0. The molecule has 0 N–H and O–H groups in total. The summed E-state index contributed by atoms with van der Waals surface area (Å²) in [4.78, 5) is 0. The van der Waals surface area contributed by atoms with Crippen molar-refractivity contribution in [2.45, 2.75) is 47.8 Å². The predicted molar refractivity (Wildman–Crippen MR) is 82.1 cm³/mol. The molecule has 0 bridgehead atoms. The van der Waals surface area contributed by atoms with Gasteiger partial charge >= 0.3 is 47.8 Å². The molecular weight excluding hydrogens is 543 g/mol. The highest BCUT2D eigenvalue weighted by Crippen LogP contribution is 2.63. The molecule has 0 aromatic heterocycles. The van der Waals surface area contributed by atoms with Gasteiger partial charge in [0, 0.05) is 0 Å². The van der Waals surface area contributed by atoms with Crippen molar-refractivity contribution in [3.8, 4) is 0 Å². The van der Waals surface area contributed by atoms with E-state index in [2.05, 4.69) is 4.74 Å². The topological polar surface area (TPSA) is 9.23 Å². The molecule has 1 atom stereocenters. The molecule has 1 aromatic rings. The quantitative estimate of drug-likeness (QED) is 0.286. The van der Waals surface area contributed by atoms with E-state index in [0.29, 0.717) is 6.08 Å². The number of ether oxygens (including phenoxy) is 1. The van der Waals surface area contributed by atoms with Crippen molar-refractivity contribution in [2.24, 2.45) is 0 Å². The van der Waals surface area contributed by atoms with Crippen LogP contribution in [0.2, 0.25) is 0 Å². The summed E-state index contributed by atoms with van der Waals surface area (Å²) in [6.45, 7) is -2.07. The molecule has 1 rings (SSSR count). The second kappa shape index (κ2) is 8.99. The van der Waals surface area contributed by atoms with E-state index in [9.17, 15) is 74.6 Å². The van der Waals surface area contributed by atoms with Gasteiger partial charge in [-0.25, -0.2) is 0 Å². The third kappa shape index (κ3) is 4.76. The summed E-state index contributed by atoms with van der Waals surface area (Å²) < 4.78 is 226. The van der Waals surface area contributed by atoms with Crippen molar-refractivity contribution >= 4 is 6.08 Å². The van der Waals surface area contributed by atoms with E-state index >= 15 is 0 Å².